The molecular weight excluding hydrogens is 386 g/mol. The first-order valence-corrected chi connectivity index (χ1v) is 11.2. The largest absolute Gasteiger partial charge is 0.462 e. The minimum Gasteiger partial charge on any atom is -0.462 e. The van der Waals surface area contributed by atoms with Crippen LogP contribution < -0.4 is 0 Å². The van der Waals surface area contributed by atoms with Gasteiger partial charge in [-0.15, -0.1) is 0 Å². The Labute approximate surface area is 184 Å². The van der Waals surface area contributed by atoms with Crippen molar-refractivity contribution in [2.24, 2.45) is 10.9 Å². The number of hydrogen-bond acceptors (Lipinski definition) is 4. The molecule has 2 aliphatic rings. The van der Waals surface area contributed by atoms with E-state index >= 15 is 0 Å². The predicted octanol–water partition coefficient (Wildman–Crippen LogP) is 5.22. The highest BCUT2D eigenvalue weighted by atomic mass is 16.5. The summed E-state index contributed by atoms with van der Waals surface area (Å²) in [7, 11) is 0. The lowest BCUT2D eigenvalue weighted by molar-refractivity contribution is -0.139. The van der Waals surface area contributed by atoms with E-state index in [0.29, 0.717) is 30.7 Å². The number of carbonyl (C=O) groups excluding carboxylic acids is 2. The number of ether oxygens (including phenoxy) is 1. The highest BCUT2D eigenvalue weighted by Crippen LogP contribution is 2.43. The van der Waals surface area contributed by atoms with Gasteiger partial charge in [0.2, 0.25) is 0 Å². The van der Waals surface area contributed by atoms with E-state index in [-0.39, 0.29) is 23.6 Å². The van der Waals surface area contributed by atoms with E-state index in [9.17, 15) is 9.59 Å². The van der Waals surface area contributed by atoms with Gasteiger partial charge in [0, 0.05) is 30.2 Å². The average Bonchev–Trinajstić information content (AvgIpc) is 2.79. The fourth-order valence-electron chi connectivity index (χ4n) is 4.69. The average molecular weight is 416 g/mol. The van der Waals surface area contributed by atoms with Crippen LogP contribution in [0, 0.1) is 5.92 Å². The number of ketones is 1. The zero-order chi connectivity index (χ0) is 21.8. The van der Waals surface area contributed by atoms with Gasteiger partial charge in [0.1, 0.15) is 5.78 Å². The van der Waals surface area contributed by atoms with E-state index in [1.54, 1.807) is 0 Å². The van der Waals surface area contributed by atoms with Crippen LogP contribution in [0.25, 0.3) is 0 Å². The molecule has 2 aromatic rings. The number of Topliss-reactive ketones (excluding diaryl/α,β-unsaturated/α-hetero) is 1. The first-order valence-electron chi connectivity index (χ1n) is 11.2. The molecule has 0 saturated heterocycles. The summed E-state index contributed by atoms with van der Waals surface area (Å²) in [6.07, 6.45) is 3.80. The van der Waals surface area contributed by atoms with Crippen LogP contribution in [-0.4, -0.2) is 24.1 Å². The Morgan fingerprint density at radius 2 is 1.74 bits per heavy atom. The maximum atomic E-state index is 13.2. The molecular formula is C27H29NO3. The number of benzene rings is 2. The second-order valence-corrected chi connectivity index (χ2v) is 8.34. The van der Waals surface area contributed by atoms with Crippen molar-refractivity contribution < 1.29 is 14.3 Å². The van der Waals surface area contributed by atoms with Crippen molar-refractivity contribution in [3.05, 3.63) is 82.6 Å². The lowest BCUT2D eigenvalue weighted by Gasteiger charge is -2.35. The third-order valence-corrected chi connectivity index (χ3v) is 6.34. The number of fused-ring (bicyclic) bond motifs is 1. The van der Waals surface area contributed by atoms with Crippen molar-refractivity contribution in [3.63, 3.8) is 0 Å². The molecule has 2 atom stereocenters. The molecule has 0 radical (unpaired) electrons. The Bertz CT molecular complexity index is 1020. The molecule has 2 aromatic carbocycles. The van der Waals surface area contributed by atoms with Crippen LogP contribution in [0.15, 0.2) is 70.9 Å². The predicted molar refractivity (Wildman–Crippen MR) is 122 cm³/mol. The minimum absolute atomic E-state index is 0.177. The number of nitrogens with zero attached hydrogens (tertiary/aromatic N) is 1. The Balaban J connectivity index is 1.63. The van der Waals surface area contributed by atoms with E-state index in [0.717, 1.165) is 36.1 Å². The molecule has 1 heterocycles. The summed E-state index contributed by atoms with van der Waals surface area (Å²) >= 11 is 0. The molecule has 1 aliphatic heterocycles. The summed E-state index contributed by atoms with van der Waals surface area (Å²) < 4.78 is 5.69. The number of allylic oxidation sites excluding steroid dienone is 1. The van der Waals surface area contributed by atoms with Crippen LogP contribution in [0.2, 0.25) is 0 Å². The lowest BCUT2D eigenvalue weighted by atomic mass is 9.69. The number of hydrogen-bond donors (Lipinski definition) is 0. The lowest BCUT2D eigenvalue weighted by Crippen LogP contribution is -2.39. The van der Waals surface area contributed by atoms with Gasteiger partial charge in [-0.25, -0.2) is 4.79 Å². The summed E-state index contributed by atoms with van der Waals surface area (Å²) in [5.41, 5.74) is 5.46. The Morgan fingerprint density at radius 1 is 1.00 bits per heavy atom. The van der Waals surface area contributed by atoms with Gasteiger partial charge in [-0.3, -0.25) is 9.79 Å². The number of esters is 1. The third-order valence-electron chi connectivity index (χ3n) is 6.34. The number of aliphatic imine (C=N–C) groups is 1. The van der Waals surface area contributed by atoms with E-state index in [4.69, 9.17) is 9.73 Å². The van der Waals surface area contributed by atoms with E-state index in [1.807, 2.05) is 37.3 Å². The van der Waals surface area contributed by atoms with E-state index in [2.05, 4.69) is 31.2 Å². The highest BCUT2D eigenvalue weighted by molar-refractivity contribution is 6.11. The van der Waals surface area contributed by atoms with Crippen molar-refractivity contribution in [1.29, 1.82) is 0 Å². The maximum absolute atomic E-state index is 13.2. The molecule has 160 valence electrons. The molecule has 0 spiro atoms. The van der Waals surface area contributed by atoms with E-state index in [1.165, 1.54) is 5.56 Å². The summed E-state index contributed by atoms with van der Waals surface area (Å²) in [6.45, 7) is 4.28. The van der Waals surface area contributed by atoms with Crippen molar-refractivity contribution in [3.8, 4) is 0 Å². The normalized spacial score (nSPS) is 20.8. The second-order valence-electron chi connectivity index (χ2n) is 8.34. The molecule has 0 bridgehead atoms. The molecule has 1 aliphatic carbocycles. The maximum Gasteiger partial charge on any atom is 0.336 e. The van der Waals surface area contributed by atoms with Crippen molar-refractivity contribution >= 4 is 17.5 Å². The van der Waals surface area contributed by atoms with Crippen molar-refractivity contribution in [2.75, 3.05) is 6.61 Å². The van der Waals surface area contributed by atoms with Crippen LogP contribution in [0.5, 0.6) is 0 Å². The number of aryl methyl sites for hydroxylation is 1. The number of carbonyl (C=O) groups is 2. The molecule has 1 saturated carbocycles. The van der Waals surface area contributed by atoms with Gasteiger partial charge in [0.15, 0.2) is 0 Å². The summed E-state index contributed by atoms with van der Waals surface area (Å²) in [5.74, 6) is -0.868. The standard InChI is InChI=1S/C27H29NO3/c1-3-19-12-14-21(15-13-19)25-24(18(2)28-22-10-7-11-23(29)26(22)25)27(30)31-17-16-20-8-5-4-6-9-20/h4-6,8-9,12-15,25-26H,3,7,10-11,16-17H2,1-2H3/t25-,26?/m1/s1. The van der Waals surface area contributed by atoms with Crippen molar-refractivity contribution in [2.45, 2.75) is 51.9 Å². The van der Waals surface area contributed by atoms with Crippen LogP contribution in [-0.2, 0) is 27.2 Å². The van der Waals surface area contributed by atoms with Crippen LogP contribution in [0.4, 0.5) is 0 Å². The molecule has 1 fully saturated rings. The van der Waals surface area contributed by atoms with Crippen LogP contribution in [0.1, 0.15) is 55.7 Å². The van der Waals surface area contributed by atoms with E-state index < -0.39 is 0 Å². The zero-order valence-electron chi connectivity index (χ0n) is 18.3. The van der Waals surface area contributed by atoms with Crippen molar-refractivity contribution in [1.82, 2.24) is 0 Å². The number of rotatable bonds is 6. The molecule has 31 heavy (non-hydrogen) atoms. The minimum atomic E-state index is -0.362. The smallest absolute Gasteiger partial charge is 0.336 e. The summed E-state index contributed by atoms with van der Waals surface area (Å²) in [6, 6.07) is 18.2. The molecule has 0 N–H and O–H groups in total. The third kappa shape index (κ3) is 4.53. The van der Waals surface area contributed by atoms with Gasteiger partial charge in [0.05, 0.1) is 18.1 Å². The highest BCUT2D eigenvalue weighted by Gasteiger charge is 2.43. The van der Waals surface area contributed by atoms with Gasteiger partial charge < -0.3 is 4.74 Å². The molecule has 4 nitrogen and oxygen atoms in total. The fourth-order valence-corrected chi connectivity index (χ4v) is 4.69. The Hall–Kier alpha value is -3.01. The first-order chi connectivity index (χ1) is 15.1. The van der Waals surface area contributed by atoms with Crippen LogP contribution >= 0.6 is 0 Å². The first kappa shape index (κ1) is 21.2. The van der Waals surface area contributed by atoms with Gasteiger partial charge in [-0.05, 0) is 42.9 Å². The quantitative estimate of drug-likeness (QED) is 0.608. The van der Waals surface area contributed by atoms with Gasteiger partial charge in [-0.2, -0.15) is 0 Å². The molecule has 4 heteroatoms. The SMILES string of the molecule is CCc1ccc([C@@H]2C(C(=O)OCCc3ccccc3)=C(C)N=C3CCCC(=O)C32)cc1. The topological polar surface area (TPSA) is 55.7 Å². The van der Waals surface area contributed by atoms with Gasteiger partial charge in [-0.1, -0.05) is 61.5 Å². The fraction of sp³-hybridized carbons (Fsp3) is 0.370. The summed E-state index contributed by atoms with van der Waals surface area (Å²) in [4.78, 5) is 30.9. The van der Waals surface area contributed by atoms with Gasteiger partial charge >= 0.3 is 5.97 Å². The Kier molecular flexibility index (Phi) is 6.45. The molecule has 1 unspecified atom stereocenters. The molecule has 0 aromatic heterocycles. The second kappa shape index (κ2) is 9.42. The molecule has 4 rings (SSSR count). The monoisotopic (exact) mass is 415 g/mol. The van der Waals surface area contributed by atoms with Gasteiger partial charge in [0.25, 0.3) is 0 Å². The Morgan fingerprint density at radius 3 is 2.45 bits per heavy atom. The van der Waals surface area contributed by atoms with Crippen LogP contribution in [0.3, 0.4) is 0 Å². The molecule has 0 amide bonds. The zero-order valence-corrected chi connectivity index (χ0v) is 18.3. The summed E-state index contributed by atoms with van der Waals surface area (Å²) in [5, 5.41) is 0.